The lowest BCUT2D eigenvalue weighted by atomic mass is 9.84. The van der Waals surface area contributed by atoms with Gasteiger partial charge in [0.25, 0.3) is 0 Å². The van der Waals surface area contributed by atoms with Gasteiger partial charge in [-0.2, -0.15) is 13.2 Å². The summed E-state index contributed by atoms with van der Waals surface area (Å²) in [5.74, 6) is -0.331. The van der Waals surface area contributed by atoms with Crippen LogP contribution in [0.15, 0.2) is 27.4 Å². The van der Waals surface area contributed by atoms with E-state index in [1.807, 2.05) is 0 Å². The van der Waals surface area contributed by atoms with Gasteiger partial charge in [0.15, 0.2) is 0 Å². The van der Waals surface area contributed by atoms with Crippen LogP contribution < -0.4 is 16.8 Å². The van der Waals surface area contributed by atoms with E-state index in [1.165, 1.54) is 12.1 Å². The molecule has 150 valence electrons. The van der Waals surface area contributed by atoms with Crippen molar-refractivity contribution in [2.45, 2.75) is 44.3 Å². The van der Waals surface area contributed by atoms with Crippen LogP contribution >= 0.6 is 12.4 Å². The van der Waals surface area contributed by atoms with E-state index < -0.39 is 17.5 Å². The van der Waals surface area contributed by atoms with E-state index >= 15 is 0 Å². The number of anilines is 1. The lowest BCUT2D eigenvalue weighted by Gasteiger charge is -2.26. The highest BCUT2D eigenvalue weighted by Gasteiger charge is 2.34. The third-order valence-corrected chi connectivity index (χ3v) is 4.77. The molecule has 3 rings (SSSR count). The summed E-state index contributed by atoms with van der Waals surface area (Å²) in [6.45, 7) is 0.428. The highest BCUT2D eigenvalue weighted by Crippen LogP contribution is 2.37. The number of benzene rings is 1. The Morgan fingerprint density at radius 3 is 2.56 bits per heavy atom. The number of rotatable bonds is 5. The molecule has 0 amide bonds. The molecule has 1 saturated carbocycles. The minimum Gasteiger partial charge on any atom is -0.388 e. The van der Waals surface area contributed by atoms with Crippen LogP contribution in [0, 0.1) is 5.92 Å². The van der Waals surface area contributed by atoms with Gasteiger partial charge in [-0.1, -0.05) is 0 Å². The SMILES string of the molecule is Cl.N[C@H]1CC[C@H](CCNc2cc(-c3n[nH]c(=O)o3)ccc2C(F)(F)F)CC1. The Morgan fingerprint density at radius 2 is 1.96 bits per heavy atom. The summed E-state index contributed by atoms with van der Waals surface area (Å²) < 4.78 is 44.6. The Balaban J connectivity index is 0.00000261. The van der Waals surface area contributed by atoms with E-state index in [2.05, 4.69) is 15.5 Å². The lowest BCUT2D eigenvalue weighted by Crippen LogP contribution is -2.27. The third-order valence-electron chi connectivity index (χ3n) is 4.77. The molecule has 1 aromatic heterocycles. The zero-order valence-electron chi connectivity index (χ0n) is 14.5. The van der Waals surface area contributed by atoms with Crippen molar-refractivity contribution in [2.75, 3.05) is 11.9 Å². The van der Waals surface area contributed by atoms with Crippen molar-refractivity contribution < 1.29 is 17.6 Å². The minimum atomic E-state index is -4.48. The van der Waals surface area contributed by atoms with Gasteiger partial charge in [-0.05, 0) is 56.2 Å². The van der Waals surface area contributed by atoms with Crippen LogP contribution in [-0.2, 0) is 6.18 Å². The van der Waals surface area contributed by atoms with Gasteiger partial charge in [0, 0.05) is 23.8 Å². The van der Waals surface area contributed by atoms with E-state index in [4.69, 9.17) is 10.2 Å². The van der Waals surface area contributed by atoms with E-state index in [0.29, 0.717) is 18.0 Å². The highest BCUT2D eigenvalue weighted by molar-refractivity contribution is 5.85. The van der Waals surface area contributed by atoms with Crippen LogP contribution in [0.4, 0.5) is 18.9 Å². The molecule has 10 heteroatoms. The van der Waals surface area contributed by atoms with Gasteiger partial charge in [-0.25, -0.2) is 9.89 Å². The quantitative estimate of drug-likeness (QED) is 0.702. The van der Waals surface area contributed by atoms with Crippen LogP contribution in [-0.4, -0.2) is 22.8 Å². The molecule has 1 fully saturated rings. The van der Waals surface area contributed by atoms with Crippen LogP contribution in [0.5, 0.6) is 0 Å². The van der Waals surface area contributed by atoms with E-state index in [1.54, 1.807) is 0 Å². The highest BCUT2D eigenvalue weighted by atomic mass is 35.5. The van der Waals surface area contributed by atoms with Gasteiger partial charge in [0.05, 0.1) is 5.56 Å². The van der Waals surface area contributed by atoms with Gasteiger partial charge in [0.2, 0.25) is 5.89 Å². The molecule has 1 aliphatic carbocycles. The minimum absolute atomic E-state index is 0. The van der Waals surface area contributed by atoms with Crippen molar-refractivity contribution in [3.8, 4) is 11.5 Å². The molecule has 6 nitrogen and oxygen atoms in total. The number of nitrogens with two attached hydrogens (primary N) is 1. The molecule has 0 aliphatic heterocycles. The first-order valence-electron chi connectivity index (χ1n) is 8.59. The molecule has 0 saturated heterocycles. The Morgan fingerprint density at radius 1 is 1.26 bits per heavy atom. The number of hydrogen-bond acceptors (Lipinski definition) is 5. The molecule has 4 N–H and O–H groups in total. The first-order valence-corrected chi connectivity index (χ1v) is 8.59. The maximum atomic E-state index is 13.3. The fourth-order valence-electron chi connectivity index (χ4n) is 3.31. The number of hydrogen-bond donors (Lipinski definition) is 3. The van der Waals surface area contributed by atoms with Crippen molar-refractivity contribution >= 4 is 18.1 Å². The van der Waals surface area contributed by atoms with Crippen LogP contribution in [0.3, 0.4) is 0 Å². The summed E-state index contributed by atoms with van der Waals surface area (Å²) in [4.78, 5) is 11.1. The standard InChI is InChI=1S/C17H21F3N4O2.ClH/c18-17(19,20)13-6-3-11(15-23-24-16(25)26-15)9-14(13)22-8-7-10-1-4-12(21)5-2-10;/h3,6,9-10,12,22H,1-2,4-5,7-8,21H2,(H,24,25);1H/t10-,12-;. The fourth-order valence-corrected chi connectivity index (χ4v) is 3.31. The van der Waals surface area contributed by atoms with Gasteiger partial charge in [-0.15, -0.1) is 17.5 Å². The van der Waals surface area contributed by atoms with Gasteiger partial charge in [-0.3, -0.25) is 0 Å². The largest absolute Gasteiger partial charge is 0.434 e. The molecule has 0 spiro atoms. The van der Waals surface area contributed by atoms with Gasteiger partial charge >= 0.3 is 11.9 Å². The normalized spacial score (nSPS) is 20.1. The monoisotopic (exact) mass is 406 g/mol. The Labute approximate surface area is 160 Å². The second-order valence-corrected chi connectivity index (χ2v) is 6.67. The number of halogens is 4. The van der Waals surface area contributed by atoms with Crippen molar-refractivity contribution in [1.29, 1.82) is 0 Å². The zero-order chi connectivity index (χ0) is 18.7. The Hall–Kier alpha value is -2.00. The maximum Gasteiger partial charge on any atom is 0.434 e. The number of aromatic nitrogens is 2. The summed E-state index contributed by atoms with van der Waals surface area (Å²) in [6.07, 6.45) is 0.246. The van der Waals surface area contributed by atoms with Crippen LogP contribution in [0.1, 0.15) is 37.7 Å². The number of H-pyrrole nitrogens is 1. The first-order chi connectivity index (χ1) is 12.3. The van der Waals surface area contributed by atoms with E-state index in [0.717, 1.165) is 38.2 Å². The zero-order valence-corrected chi connectivity index (χ0v) is 15.3. The molecule has 0 bridgehead atoms. The van der Waals surface area contributed by atoms with Crippen LogP contribution in [0.2, 0.25) is 0 Å². The summed E-state index contributed by atoms with van der Waals surface area (Å²) >= 11 is 0. The summed E-state index contributed by atoms with van der Waals surface area (Å²) in [5, 5.41) is 8.64. The van der Waals surface area contributed by atoms with Crippen molar-refractivity contribution in [3.63, 3.8) is 0 Å². The second-order valence-electron chi connectivity index (χ2n) is 6.67. The topological polar surface area (TPSA) is 96.9 Å². The molecule has 1 heterocycles. The average Bonchev–Trinajstić information content (AvgIpc) is 3.02. The number of nitrogens with zero attached hydrogens (tertiary/aromatic N) is 1. The molecular formula is C17H22ClF3N4O2. The summed E-state index contributed by atoms with van der Waals surface area (Å²) in [6, 6.07) is 3.75. The predicted octanol–water partition coefficient (Wildman–Crippen LogP) is 3.79. The average molecular weight is 407 g/mol. The van der Waals surface area contributed by atoms with Gasteiger partial charge < -0.3 is 15.5 Å². The van der Waals surface area contributed by atoms with E-state index in [-0.39, 0.29) is 30.0 Å². The first kappa shape index (κ1) is 21.3. The molecule has 0 radical (unpaired) electrons. The molecule has 0 atom stereocenters. The summed E-state index contributed by atoms with van der Waals surface area (Å²) in [7, 11) is 0. The lowest BCUT2D eigenvalue weighted by molar-refractivity contribution is -0.136. The number of aromatic amines is 1. The second kappa shape index (κ2) is 8.79. The van der Waals surface area contributed by atoms with Crippen LogP contribution in [0.25, 0.3) is 11.5 Å². The molecule has 0 unspecified atom stereocenters. The Kier molecular flexibility index (Phi) is 6.94. The number of alkyl halides is 3. The predicted molar refractivity (Wildman–Crippen MR) is 97.8 cm³/mol. The van der Waals surface area contributed by atoms with Crippen molar-refractivity contribution in [3.05, 3.63) is 34.3 Å². The smallest absolute Gasteiger partial charge is 0.388 e. The Bertz CT molecular complexity index is 798. The summed E-state index contributed by atoms with van der Waals surface area (Å²) in [5.41, 5.74) is 5.36. The molecule has 2 aromatic rings. The molecule has 1 aromatic carbocycles. The van der Waals surface area contributed by atoms with E-state index in [9.17, 15) is 18.0 Å². The van der Waals surface area contributed by atoms with Gasteiger partial charge in [0.1, 0.15) is 0 Å². The maximum absolute atomic E-state index is 13.3. The van der Waals surface area contributed by atoms with Crippen molar-refractivity contribution in [1.82, 2.24) is 10.2 Å². The molecular weight excluding hydrogens is 385 g/mol. The molecule has 1 aliphatic rings. The number of nitrogens with one attached hydrogen (secondary N) is 2. The van der Waals surface area contributed by atoms with Crippen molar-refractivity contribution in [2.24, 2.45) is 11.7 Å². The third kappa shape index (κ3) is 5.49. The molecule has 27 heavy (non-hydrogen) atoms. The fraction of sp³-hybridized carbons (Fsp3) is 0.529.